The minimum atomic E-state index is -0.198. The lowest BCUT2D eigenvalue weighted by atomic mass is 10.1. The zero-order valence-corrected chi connectivity index (χ0v) is 18.3. The number of aryl methyl sites for hydroxylation is 1. The second-order valence-electron chi connectivity index (χ2n) is 8.51. The van der Waals surface area contributed by atoms with E-state index in [0.29, 0.717) is 30.3 Å². The Bertz CT molecular complexity index is 956. The fourth-order valence-electron chi connectivity index (χ4n) is 4.57. The van der Waals surface area contributed by atoms with Crippen molar-refractivity contribution in [2.75, 3.05) is 20.2 Å². The van der Waals surface area contributed by atoms with Gasteiger partial charge in [0.15, 0.2) is 0 Å². The minimum absolute atomic E-state index is 0.137. The van der Waals surface area contributed by atoms with Crippen LogP contribution in [0.1, 0.15) is 65.5 Å². The number of benzene rings is 1. The molecule has 7 nitrogen and oxygen atoms in total. The average molecular weight is 423 g/mol. The maximum Gasteiger partial charge on any atom is 0.254 e. The predicted molar refractivity (Wildman–Crippen MR) is 117 cm³/mol. The first-order valence-corrected chi connectivity index (χ1v) is 11.1. The molecule has 2 amide bonds. The zero-order valence-electron chi connectivity index (χ0n) is 18.3. The van der Waals surface area contributed by atoms with Crippen molar-refractivity contribution in [3.63, 3.8) is 0 Å². The number of amides is 2. The molecule has 1 aromatic carbocycles. The first-order valence-electron chi connectivity index (χ1n) is 11.1. The molecule has 4 rings (SSSR count). The van der Waals surface area contributed by atoms with E-state index in [1.807, 2.05) is 36.1 Å². The molecule has 7 heteroatoms. The summed E-state index contributed by atoms with van der Waals surface area (Å²) in [6, 6.07) is 7.60. The molecule has 0 unspecified atom stereocenters. The van der Waals surface area contributed by atoms with E-state index in [-0.39, 0.29) is 17.7 Å². The highest BCUT2D eigenvalue weighted by Gasteiger charge is 2.34. The SMILES string of the molecule is COc1cccc(CNC(=O)c2cnc([C@H]3CCN(C(=O)C4CCCC4)C3)nc2C)c1. The van der Waals surface area contributed by atoms with Gasteiger partial charge in [0.05, 0.1) is 18.4 Å². The fraction of sp³-hybridized carbons (Fsp3) is 0.500. The van der Waals surface area contributed by atoms with Crippen molar-refractivity contribution in [3.8, 4) is 5.75 Å². The van der Waals surface area contributed by atoms with Crippen LogP contribution in [-0.2, 0) is 11.3 Å². The lowest BCUT2D eigenvalue weighted by Crippen LogP contribution is -2.33. The highest BCUT2D eigenvalue weighted by atomic mass is 16.5. The van der Waals surface area contributed by atoms with Gasteiger partial charge in [0, 0.05) is 37.7 Å². The smallest absolute Gasteiger partial charge is 0.254 e. The molecule has 2 fully saturated rings. The number of ether oxygens (including phenoxy) is 1. The van der Waals surface area contributed by atoms with Gasteiger partial charge in [-0.3, -0.25) is 9.59 Å². The summed E-state index contributed by atoms with van der Waals surface area (Å²) in [5.74, 6) is 1.92. The molecule has 31 heavy (non-hydrogen) atoms. The summed E-state index contributed by atoms with van der Waals surface area (Å²) in [4.78, 5) is 36.4. The summed E-state index contributed by atoms with van der Waals surface area (Å²) < 4.78 is 5.22. The number of methoxy groups -OCH3 is 1. The molecule has 1 saturated heterocycles. The number of carbonyl (C=O) groups is 2. The van der Waals surface area contributed by atoms with Gasteiger partial charge in [0.1, 0.15) is 11.6 Å². The maximum absolute atomic E-state index is 12.7. The van der Waals surface area contributed by atoms with Gasteiger partial charge in [-0.1, -0.05) is 25.0 Å². The Morgan fingerprint density at radius 2 is 2.03 bits per heavy atom. The average Bonchev–Trinajstić information content (AvgIpc) is 3.50. The molecule has 1 atom stereocenters. The number of nitrogens with one attached hydrogen (secondary N) is 1. The molecule has 1 aliphatic carbocycles. The zero-order chi connectivity index (χ0) is 21.8. The summed E-state index contributed by atoms with van der Waals surface area (Å²) >= 11 is 0. The van der Waals surface area contributed by atoms with Crippen molar-refractivity contribution in [2.45, 2.75) is 51.5 Å². The van der Waals surface area contributed by atoms with Crippen molar-refractivity contribution >= 4 is 11.8 Å². The van der Waals surface area contributed by atoms with Crippen LogP contribution in [0, 0.1) is 12.8 Å². The van der Waals surface area contributed by atoms with Crippen LogP contribution in [0.3, 0.4) is 0 Å². The van der Waals surface area contributed by atoms with Gasteiger partial charge in [-0.05, 0) is 43.9 Å². The Hall–Kier alpha value is -2.96. The second kappa shape index (κ2) is 9.45. The molecule has 1 saturated carbocycles. The first kappa shape index (κ1) is 21.3. The van der Waals surface area contributed by atoms with Crippen molar-refractivity contribution < 1.29 is 14.3 Å². The highest BCUT2D eigenvalue weighted by molar-refractivity contribution is 5.94. The third kappa shape index (κ3) is 4.86. The molecule has 2 heterocycles. The number of carbonyl (C=O) groups excluding carboxylic acids is 2. The van der Waals surface area contributed by atoms with Crippen LogP contribution in [0.5, 0.6) is 5.75 Å². The quantitative estimate of drug-likeness (QED) is 0.773. The van der Waals surface area contributed by atoms with Crippen LogP contribution in [0.15, 0.2) is 30.5 Å². The van der Waals surface area contributed by atoms with E-state index in [4.69, 9.17) is 4.74 Å². The van der Waals surface area contributed by atoms with E-state index < -0.39 is 0 Å². The Balaban J connectivity index is 1.36. The monoisotopic (exact) mass is 422 g/mol. The van der Waals surface area contributed by atoms with Crippen LogP contribution >= 0.6 is 0 Å². The van der Waals surface area contributed by atoms with Crippen LogP contribution in [0.2, 0.25) is 0 Å². The molecule has 0 bridgehead atoms. The van der Waals surface area contributed by atoms with Gasteiger partial charge in [-0.2, -0.15) is 0 Å². The van der Waals surface area contributed by atoms with Gasteiger partial charge in [0.2, 0.25) is 5.91 Å². The molecule has 1 aromatic heterocycles. The molecular formula is C24H30N4O3. The summed E-state index contributed by atoms with van der Waals surface area (Å²) in [6.07, 6.45) is 6.86. The third-order valence-electron chi connectivity index (χ3n) is 6.40. The number of nitrogens with zero attached hydrogens (tertiary/aromatic N) is 3. The number of aromatic nitrogens is 2. The van der Waals surface area contributed by atoms with E-state index in [0.717, 1.165) is 55.8 Å². The Kier molecular flexibility index (Phi) is 6.49. The second-order valence-corrected chi connectivity index (χ2v) is 8.51. The Morgan fingerprint density at radius 3 is 2.77 bits per heavy atom. The van der Waals surface area contributed by atoms with E-state index >= 15 is 0 Å². The summed E-state index contributed by atoms with van der Waals surface area (Å²) in [5, 5.41) is 2.92. The molecule has 1 aliphatic heterocycles. The molecule has 1 N–H and O–H groups in total. The van der Waals surface area contributed by atoms with Crippen LogP contribution in [-0.4, -0.2) is 46.9 Å². The Labute approximate surface area is 183 Å². The summed E-state index contributed by atoms with van der Waals surface area (Å²) in [6.45, 7) is 3.68. The predicted octanol–water partition coefficient (Wildman–Crippen LogP) is 3.23. The molecular weight excluding hydrogens is 392 g/mol. The lowest BCUT2D eigenvalue weighted by molar-refractivity contribution is -0.134. The fourth-order valence-corrected chi connectivity index (χ4v) is 4.57. The molecule has 0 radical (unpaired) electrons. The van der Waals surface area contributed by atoms with Gasteiger partial charge in [0.25, 0.3) is 5.91 Å². The Morgan fingerprint density at radius 1 is 1.23 bits per heavy atom. The van der Waals surface area contributed by atoms with Crippen LogP contribution in [0.25, 0.3) is 0 Å². The van der Waals surface area contributed by atoms with Crippen LogP contribution < -0.4 is 10.1 Å². The summed E-state index contributed by atoms with van der Waals surface area (Å²) in [7, 11) is 1.62. The van der Waals surface area contributed by atoms with E-state index in [9.17, 15) is 9.59 Å². The molecule has 0 spiro atoms. The van der Waals surface area contributed by atoms with Crippen LogP contribution in [0.4, 0.5) is 0 Å². The number of likely N-dealkylation sites (tertiary alicyclic amines) is 1. The number of rotatable bonds is 6. The molecule has 164 valence electrons. The van der Waals surface area contributed by atoms with Gasteiger partial charge >= 0.3 is 0 Å². The molecule has 2 aliphatic rings. The topological polar surface area (TPSA) is 84.4 Å². The molecule has 2 aromatic rings. The van der Waals surface area contributed by atoms with Gasteiger partial charge < -0.3 is 15.0 Å². The van der Waals surface area contributed by atoms with Gasteiger partial charge in [-0.25, -0.2) is 9.97 Å². The normalized spacial score (nSPS) is 18.9. The third-order valence-corrected chi connectivity index (χ3v) is 6.40. The highest BCUT2D eigenvalue weighted by Crippen LogP contribution is 2.31. The number of hydrogen-bond acceptors (Lipinski definition) is 5. The van der Waals surface area contributed by atoms with E-state index in [1.165, 1.54) is 0 Å². The minimum Gasteiger partial charge on any atom is -0.497 e. The summed E-state index contributed by atoms with van der Waals surface area (Å²) in [5.41, 5.74) is 2.10. The first-order chi connectivity index (χ1) is 15.0. The van der Waals surface area contributed by atoms with E-state index in [1.54, 1.807) is 13.3 Å². The van der Waals surface area contributed by atoms with Crippen molar-refractivity contribution in [1.29, 1.82) is 0 Å². The van der Waals surface area contributed by atoms with Gasteiger partial charge in [-0.15, -0.1) is 0 Å². The van der Waals surface area contributed by atoms with Crippen molar-refractivity contribution in [2.24, 2.45) is 5.92 Å². The maximum atomic E-state index is 12.7. The van der Waals surface area contributed by atoms with Crippen molar-refractivity contribution in [1.82, 2.24) is 20.2 Å². The lowest BCUT2D eigenvalue weighted by Gasteiger charge is -2.20. The largest absolute Gasteiger partial charge is 0.497 e. The number of hydrogen-bond donors (Lipinski definition) is 1. The van der Waals surface area contributed by atoms with Crippen molar-refractivity contribution in [3.05, 3.63) is 53.1 Å². The standard InChI is InChI=1S/C24H30N4O3/c1-16-21(23(29)26-13-17-6-5-9-20(12-17)31-2)14-25-22(27-16)19-10-11-28(15-19)24(30)18-7-3-4-8-18/h5-6,9,12,14,18-19H,3-4,7-8,10-11,13,15H2,1-2H3,(H,26,29)/t19-/m0/s1. The van der Waals surface area contributed by atoms with E-state index in [2.05, 4.69) is 15.3 Å².